The number of amides is 2. The average molecular weight is 555 g/mol. The number of hydrazone groups is 2. The van der Waals surface area contributed by atoms with Gasteiger partial charge in [0.25, 0.3) is 11.8 Å². The predicted octanol–water partition coefficient (Wildman–Crippen LogP) is 7.52. The number of hydrogen-bond donors (Lipinski definition) is 0. The first-order valence-corrected chi connectivity index (χ1v) is 11.3. The van der Waals surface area contributed by atoms with E-state index in [4.69, 9.17) is 69.6 Å². The molecule has 2 amide bonds. The normalized spacial score (nSPS) is 15.6. The molecular weight excluding hydrogens is 541 g/mol. The Labute approximate surface area is 214 Å². The highest BCUT2D eigenvalue weighted by Crippen LogP contribution is 2.39. The van der Waals surface area contributed by atoms with Gasteiger partial charge in [-0.15, -0.1) is 0 Å². The lowest BCUT2D eigenvalue weighted by molar-refractivity contribution is -0.117. The summed E-state index contributed by atoms with van der Waals surface area (Å²) >= 11 is 35.6. The maximum atomic E-state index is 11.6. The van der Waals surface area contributed by atoms with Crippen LogP contribution in [0.25, 0.3) is 0 Å². The summed E-state index contributed by atoms with van der Waals surface area (Å²) in [5, 5.41) is 12.7. The van der Waals surface area contributed by atoms with E-state index in [0.29, 0.717) is 41.5 Å². The fourth-order valence-electron chi connectivity index (χ4n) is 2.93. The predicted molar refractivity (Wildman–Crippen MR) is 133 cm³/mol. The molecule has 0 saturated heterocycles. The molecule has 168 valence electrons. The fourth-order valence-corrected chi connectivity index (χ4v) is 4.89. The van der Waals surface area contributed by atoms with Gasteiger partial charge < -0.3 is 0 Å². The Balaban J connectivity index is 0.000000181. The lowest BCUT2D eigenvalue weighted by Gasteiger charge is -2.15. The van der Waals surface area contributed by atoms with Crippen LogP contribution in [0.4, 0.5) is 11.4 Å². The van der Waals surface area contributed by atoms with Crippen molar-refractivity contribution in [2.45, 2.75) is 26.7 Å². The highest BCUT2D eigenvalue weighted by atomic mass is 35.5. The summed E-state index contributed by atoms with van der Waals surface area (Å²) in [4.78, 5) is 23.3. The molecule has 0 N–H and O–H groups in total. The number of hydrogen-bond acceptors (Lipinski definition) is 4. The summed E-state index contributed by atoms with van der Waals surface area (Å²) < 4.78 is 0. The van der Waals surface area contributed by atoms with Gasteiger partial charge in [-0.2, -0.15) is 20.2 Å². The van der Waals surface area contributed by atoms with Gasteiger partial charge in [0.2, 0.25) is 0 Å². The van der Waals surface area contributed by atoms with Crippen LogP contribution in [0.5, 0.6) is 0 Å². The first-order chi connectivity index (χ1) is 15.0. The summed E-state index contributed by atoms with van der Waals surface area (Å²) in [6, 6.07) is 6.11. The van der Waals surface area contributed by atoms with Crippen molar-refractivity contribution >= 4 is 104 Å². The molecule has 0 aliphatic carbocycles. The van der Waals surface area contributed by atoms with Crippen LogP contribution in [0.1, 0.15) is 26.7 Å². The quantitative estimate of drug-likeness (QED) is 0.385. The molecule has 0 bridgehead atoms. The van der Waals surface area contributed by atoms with Crippen molar-refractivity contribution in [1.29, 1.82) is 0 Å². The molecule has 0 spiro atoms. The molecule has 4 rings (SSSR count). The van der Waals surface area contributed by atoms with Gasteiger partial charge in [0.1, 0.15) is 11.4 Å². The van der Waals surface area contributed by atoms with E-state index in [1.807, 2.05) is 0 Å². The van der Waals surface area contributed by atoms with E-state index in [2.05, 4.69) is 10.2 Å². The van der Waals surface area contributed by atoms with Crippen LogP contribution in [0.3, 0.4) is 0 Å². The molecule has 0 radical (unpaired) electrons. The zero-order chi connectivity index (χ0) is 23.7. The molecule has 12 heteroatoms. The second-order valence-electron chi connectivity index (χ2n) is 6.87. The van der Waals surface area contributed by atoms with E-state index in [1.54, 1.807) is 13.8 Å². The Morgan fingerprint density at radius 2 is 0.906 bits per heavy atom. The van der Waals surface area contributed by atoms with Crippen LogP contribution < -0.4 is 10.0 Å². The van der Waals surface area contributed by atoms with Crippen molar-refractivity contribution in [1.82, 2.24) is 0 Å². The van der Waals surface area contributed by atoms with Gasteiger partial charge >= 0.3 is 0 Å². The second kappa shape index (κ2) is 10.2. The summed E-state index contributed by atoms with van der Waals surface area (Å²) in [6.07, 6.45) is 0.574. The van der Waals surface area contributed by atoms with Crippen LogP contribution in [0, 0.1) is 0 Å². The molecule has 0 atom stereocenters. The van der Waals surface area contributed by atoms with E-state index in [9.17, 15) is 9.59 Å². The van der Waals surface area contributed by atoms with Crippen molar-refractivity contribution < 1.29 is 9.59 Å². The van der Waals surface area contributed by atoms with Crippen molar-refractivity contribution in [2.24, 2.45) is 10.2 Å². The zero-order valence-electron chi connectivity index (χ0n) is 16.6. The Bertz CT molecular complexity index is 1040. The molecule has 6 nitrogen and oxygen atoms in total. The molecule has 2 aromatic rings. The summed E-state index contributed by atoms with van der Waals surface area (Å²) in [5.74, 6) is -0.299. The molecule has 32 heavy (non-hydrogen) atoms. The van der Waals surface area contributed by atoms with E-state index >= 15 is 0 Å². The van der Waals surface area contributed by atoms with Crippen LogP contribution >= 0.6 is 69.6 Å². The van der Waals surface area contributed by atoms with Crippen molar-refractivity contribution in [3.05, 3.63) is 54.4 Å². The average Bonchev–Trinajstić information content (AvgIpc) is 3.14. The van der Waals surface area contributed by atoms with Crippen molar-refractivity contribution in [3.8, 4) is 0 Å². The first-order valence-electron chi connectivity index (χ1n) is 9.01. The summed E-state index contributed by atoms with van der Waals surface area (Å²) in [6.45, 7) is 3.55. The number of nitrogens with zero attached hydrogens (tertiary/aromatic N) is 4. The molecule has 0 unspecified atom stereocenters. The SMILES string of the molecule is CC1=NN(c2c(Cl)cc(Cl)cc2Cl)C(=O)C1.CC1=NN(c2c(Cl)cc(Cl)cc2Cl)C(=O)C1. The van der Waals surface area contributed by atoms with Gasteiger partial charge in [-0.05, 0) is 38.1 Å². The molecule has 0 saturated carbocycles. The fraction of sp³-hybridized carbons (Fsp3) is 0.200. The molecule has 0 fully saturated rings. The third kappa shape index (κ3) is 5.50. The van der Waals surface area contributed by atoms with Gasteiger partial charge in [-0.25, -0.2) is 0 Å². The Morgan fingerprint density at radius 1 is 0.625 bits per heavy atom. The highest BCUT2D eigenvalue weighted by Gasteiger charge is 2.28. The molecule has 2 heterocycles. The standard InChI is InChI=1S/2C10H7Cl3N2O/c2*1-5-2-9(16)15(14-5)10-7(12)3-6(11)4-8(10)13/h2*3-4H,2H2,1H3. The Hall–Kier alpha value is -1.54. The summed E-state index contributed by atoms with van der Waals surface area (Å²) in [5.41, 5.74) is 2.23. The van der Waals surface area contributed by atoms with E-state index in [-0.39, 0.29) is 24.7 Å². The number of anilines is 2. The smallest absolute Gasteiger partial charge is 0.253 e. The van der Waals surface area contributed by atoms with Gasteiger partial charge in [-0.3, -0.25) is 9.59 Å². The molecule has 2 aliphatic rings. The Morgan fingerprint density at radius 3 is 1.12 bits per heavy atom. The highest BCUT2D eigenvalue weighted by molar-refractivity contribution is 6.43. The Kier molecular flexibility index (Phi) is 7.97. The molecule has 0 aromatic heterocycles. The van der Waals surface area contributed by atoms with Gasteiger partial charge in [0.05, 0.1) is 32.9 Å². The zero-order valence-corrected chi connectivity index (χ0v) is 21.1. The van der Waals surface area contributed by atoms with Gasteiger partial charge in [0, 0.05) is 21.5 Å². The maximum Gasteiger partial charge on any atom is 0.253 e. The lowest BCUT2D eigenvalue weighted by atomic mass is 10.3. The number of benzene rings is 2. The molecule has 2 aromatic carbocycles. The second-order valence-corrected chi connectivity index (χ2v) is 9.37. The third-order valence-corrected chi connectivity index (χ3v) is 5.80. The summed E-state index contributed by atoms with van der Waals surface area (Å²) in [7, 11) is 0. The van der Waals surface area contributed by atoms with Gasteiger partial charge in [0.15, 0.2) is 0 Å². The van der Waals surface area contributed by atoms with Crippen LogP contribution in [0.2, 0.25) is 30.1 Å². The first kappa shape index (κ1) is 25.1. The number of halogens is 6. The molecule has 2 aliphatic heterocycles. The minimum absolute atomic E-state index is 0.149. The third-order valence-electron chi connectivity index (χ3n) is 4.21. The van der Waals surface area contributed by atoms with Crippen LogP contribution in [0.15, 0.2) is 34.5 Å². The number of carbonyl (C=O) groups is 2. The molecular formula is C20H14Cl6N4O2. The van der Waals surface area contributed by atoms with Crippen molar-refractivity contribution in [3.63, 3.8) is 0 Å². The van der Waals surface area contributed by atoms with Crippen molar-refractivity contribution in [2.75, 3.05) is 10.0 Å². The van der Waals surface area contributed by atoms with E-state index in [1.165, 1.54) is 34.3 Å². The number of carbonyl (C=O) groups excluding carboxylic acids is 2. The van der Waals surface area contributed by atoms with Crippen LogP contribution in [-0.2, 0) is 9.59 Å². The number of rotatable bonds is 2. The monoisotopic (exact) mass is 552 g/mol. The maximum absolute atomic E-state index is 11.6. The minimum atomic E-state index is -0.149. The minimum Gasteiger partial charge on any atom is -0.272 e. The van der Waals surface area contributed by atoms with Gasteiger partial charge in [-0.1, -0.05) is 69.6 Å². The largest absolute Gasteiger partial charge is 0.272 e. The topological polar surface area (TPSA) is 65.3 Å². The van der Waals surface area contributed by atoms with Crippen LogP contribution in [-0.4, -0.2) is 23.2 Å². The lowest BCUT2D eigenvalue weighted by Crippen LogP contribution is -2.20. The van der Waals surface area contributed by atoms with E-state index < -0.39 is 0 Å². The van der Waals surface area contributed by atoms with E-state index in [0.717, 1.165) is 11.4 Å².